The lowest BCUT2D eigenvalue weighted by Crippen LogP contribution is -2.03. The summed E-state index contributed by atoms with van der Waals surface area (Å²) in [6.45, 7) is 3.61. The largest absolute Gasteiger partial charge is 0.381 e. The number of nitrogens with zero attached hydrogens (tertiary/aromatic N) is 1. The second-order valence-electron chi connectivity index (χ2n) is 4.84. The van der Waals surface area contributed by atoms with Crippen molar-refractivity contribution < 1.29 is 13.7 Å². The molecule has 0 aliphatic heterocycles. The van der Waals surface area contributed by atoms with Crippen molar-refractivity contribution >= 4 is 11.4 Å². The third-order valence-electron chi connectivity index (χ3n) is 3.14. The van der Waals surface area contributed by atoms with Crippen LogP contribution in [0.15, 0.2) is 30.3 Å². The molecule has 0 heterocycles. The van der Waals surface area contributed by atoms with Gasteiger partial charge in [0, 0.05) is 29.9 Å². The summed E-state index contributed by atoms with van der Waals surface area (Å²) in [6.07, 6.45) is 0. The van der Waals surface area contributed by atoms with Gasteiger partial charge in [0.2, 0.25) is 0 Å². The summed E-state index contributed by atoms with van der Waals surface area (Å²) in [5.41, 5.74) is 2.43. The number of nitrogens with one attached hydrogen (secondary N) is 1. The second kappa shape index (κ2) is 5.87. The van der Waals surface area contributed by atoms with Gasteiger partial charge in [0.25, 0.3) is 5.69 Å². The lowest BCUT2D eigenvalue weighted by Gasteiger charge is -2.11. The van der Waals surface area contributed by atoms with Crippen LogP contribution in [-0.2, 0) is 6.54 Å². The monoisotopic (exact) mass is 292 g/mol. The lowest BCUT2D eigenvalue weighted by molar-refractivity contribution is -0.385. The van der Waals surface area contributed by atoms with Crippen LogP contribution in [0.3, 0.4) is 0 Å². The summed E-state index contributed by atoms with van der Waals surface area (Å²) < 4.78 is 26.2. The zero-order valence-electron chi connectivity index (χ0n) is 11.6. The van der Waals surface area contributed by atoms with Crippen LogP contribution in [0.2, 0.25) is 0 Å². The summed E-state index contributed by atoms with van der Waals surface area (Å²) >= 11 is 0. The lowest BCUT2D eigenvalue weighted by atomic mass is 10.1. The minimum Gasteiger partial charge on any atom is -0.381 e. The minimum atomic E-state index is -0.636. The zero-order chi connectivity index (χ0) is 15.6. The third kappa shape index (κ3) is 3.53. The highest BCUT2D eigenvalue weighted by molar-refractivity contribution is 5.59. The van der Waals surface area contributed by atoms with Crippen molar-refractivity contribution in [1.82, 2.24) is 0 Å². The van der Waals surface area contributed by atoms with Crippen molar-refractivity contribution in [2.75, 3.05) is 5.32 Å². The topological polar surface area (TPSA) is 55.2 Å². The minimum absolute atomic E-state index is 0.0508. The Morgan fingerprint density at radius 2 is 1.67 bits per heavy atom. The van der Waals surface area contributed by atoms with Crippen LogP contribution in [0, 0.1) is 35.6 Å². The Kier molecular flexibility index (Phi) is 4.16. The number of nitro groups is 1. The smallest absolute Gasteiger partial charge is 0.272 e. The van der Waals surface area contributed by atoms with Crippen molar-refractivity contribution in [3.8, 4) is 0 Å². The number of hydrogen-bond donors (Lipinski definition) is 1. The Morgan fingerprint density at radius 1 is 1.05 bits per heavy atom. The van der Waals surface area contributed by atoms with Gasteiger partial charge in [-0.05, 0) is 43.2 Å². The fourth-order valence-corrected chi connectivity index (χ4v) is 2.10. The highest BCUT2D eigenvalue weighted by Crippen LogP contribution is 2.26. The predicted octanol–water partition coefficient (Wildman–Crippen LogP) is 4.10. The number of halogens is 2. The van der Waals surface area contributed by atoms with Gasteiger partial charge in [-0.25, -0.2) is 8.78 Å². The molecule has 0 unspecified atom stereocenters. The number of benzene rings is 2. The van der Waals surface area contributed by atoms with Gasteiger partial charge in [0.1, 0.15) is 11.6 Å². The van der Waals surface area contributed by atoms with Crippen LogP contribution >= 0.6 is 0 Å². The Labute approximate surface area is 120 Å². The molecule has 0 aliphatic carbocycles. The van der Waals surface area contributed by atoms with E-state index < -0.39 is 16.6 Å². The molecule has 1 N–H and O–H groups in total. The molecule has 0 saturated carbocycles. The summed E-state index contributed by atoms with van der Waals surface area (Å²) in [6, 6.07) is 6.42. The average Bonchev–Trinajstić information content (AvgIpc) is 2.38. The van der Waals surface area contributed by atoms with E-state index in [2.05, 4.69) is 5.32 Å². The van der Waals surface area contributed by atoms with Gasteiger partial charge in [-0.2, -0.15) is 0 Å². The summed E-state index contributed by atoms with van der Waals surface area (Å²) in [4.78, 5) is 10.4. The normalized spacial score (nSPS) is 10.5. The SMILES string of the molecule is Cc1cc([N+](=O)[O-])c(C)cc1NCc1cc(F)cc(F)c1. The van der Waals surface area contributed by atoms with Crippen molar-refractivity contribution in [2.45, 2.75) is 20.4 Å². The number of aryl methyl sites for hydroxylation is 2. The van der Waals surface area contributed by atoms with Crippen LogP contribution in [0.4, 0.5) is 20.2 Å². The quantitative estimate of drug-likeness (QED) is 0.681. The molecule has 2 aromatic carbocycles. The molecule has 2 aromatic rings. The maximum absolute atomic E-state index is 13.1. The zero-order valence-corrected chi connectivity index (χ0v) is 11.6. The molecule has 0 atom stereocenters. The molecule has 6 heteroatoms. The van der Waals surface area contributed by atoms with Crippen molar-refractivity contribution in [3.05, 3.63) is 68.8 Å². The van der Waals surface area contributed by atoms with E-state index in [1.165, 1.54) is 18.2 Å². The molecule has 0 aliphatic rings. The van der Waals surface area contributed by atoms with E-state index in [-0.39, 0.29) is 12.2 Å². The van der Waals surface area contributed by atoms with Crippen LogP contribution in [0.25, 0.3) is 0 Å². The Hall–Kier alpha value is -2.50. The van der Waals surface area contributed by atoms with Gasteiger partial charge in [-0.3, -0.25) is 10.1 Å². The van der Waals surface area contributed by atoms with Gasteiger partial charge in [-0.1, -0.05) is 0 Å². The molecule has 2 rings (SSSR count). The highest BCUT2D eigenvalue weighted by atomic mass is 19.1. The number of anilines is 1. The highest BCUT2D eigenvalue weighted by Gasteiger charge is 2.13. The molecule has 0 bridgehead atoms. The first kappa shape index (κ1) is 14.9. The molecule has 0 spiro atoms. The van der Waals surface area contributed by atoms with Crippen LogP contribution in [0.1, 0.15) is 16.7 Å². The van der Waals surface area contributed by atoms with Crippen LogP contribution in [0.5, 0.6) is 0 Å². The van der Waals surface area contributed by atoms with E-state index in [0.717, 1.165) is 6.07 Å². The molecule has 0 aromatic heterocycles. The van der Waals surface area contributed by atoms with Gasteiger partial charge in [-0.15, -0.1) is 0 Å². The van der Waals surface area contributed by atoms with Gasteiger partial charge in [0.05, 0.1) is 4.92 Å². The van der Waals surface area contributed by atoms with Crippen LogP contribution < -0.4 is 5.32 Å². The number of hydrogen-bond acceptors (Lipinski definition) is 3. The van der Waals surface area contributed by atoms with E-state index in [1.54, 1.807) is 19.9 Å². The Morgan fingerprint density at radius 3 is 2.24 bits per heavy atom. The molecule has 0 saturated heterocycles. The van der Waals surface area contributed by atoms with Crippen molar-refractivity contribution in [3.63, 3.8) is 0 Å². The third-order valence-corrected chi connectivity index (χ3v) is 3.14. The Balaban J connectivity index is 2.20. The first-order chi connectivity index (χ1) is 9.86. The number of nitro benzene ring substituents is 1. The van der Waals surface area contributed by atoms with Gasteiger partial charge in [0.15, 0.2) is 0 Å². The molecular formula is C15H14F2N2O2. The molecule has 0 fully saturated rings. The average molecular weight is 292 g/mol. The van der Waals surface area contributed by atoms with Gasteiger partial charge < -0.3 is 5.32 Å². The summed E-state index contributed by atoms with van der Waals surface area (Å²) in [7, 11) is 0. The molecule has 4 nitrogen and oxygen atoms in total. The van der Waals surface area contributed by atoms with E-state index >= 15 is 0 Å². The molecule has 110 valence electrons. The van der Waals surface area contributed by atoms with Crippen molar-refractivity contribution in [1.29, 1.82) is 0 Å². The van der Waals surface area contributed by atoms with Crippen LogP contribution in [-0.4, -0.2) is 4.92 Å². The fourth-order valence-electron chi connectivity index (χ4n) is 2.10. The first-order valence-corrected chi connectivity index (χ1v) is 6.31. The standard InChI is InChI=1S/C15H14F2N2O2/c1-9-4-15(19(20)21)10(2)3-14(9)18-8-11-5-12(16)7-13(17)6-11/h3-7,18H,8H2,1-2H3. The maximum atomic E-state index is 13.1. The first-order valence-electron chi connectivity index (χ1n) is 6.31. The maximum Gasteiger partial charge on any atom is 0.272 e. The summed E-state index contributed by atoms with van der Waals surface area (Å²) in [5.74, 6) is -1.27. The number of rotatable bonds is 4. The van der Waals surface area contributed by atoms with Crippen molar-refractivity contribution in [2.24, 2.45) is 0 Å². The van der Waals surface area contributed by atoms with E-state index in [0.29, 0.717) is 22.4 Å². The fraction of sp³-hybridized carbons (Fsp3) is 0.200. The van der Waals surface area contributed by atoms with E-state index in [1.807, 2.05) is 0 Å². The predicted molar refractivity (Wildman–Crippen MR) is 76.3 cm³/mol. The molecular weight excluding hydrogens is 278 g/mol. The van der Waals surface area contributed by atoms with E-state index in [9.17, 15) is 18.9 Å². The molecule has 0 amide bonds. The van der Waals surface area contributed by atoms with Gasteiger partial charge >= 0.3 is 0 Å². The van der Waals surface area contributed by atoms with E-state index in [4.69, 9.17) is 0 Å². The second-order valence-corrected chi connectivity index (χ2v) is 4.84. The summed E-state index contributed by atoms with van der Waals surface area (Å²) in [5, 5.41) is 13.9. The molecule has 0 radical (unpaired) electrons. The molecule has 21 heavy (non-hydrogen) atoms. The Bertz CT molecular complexity index is 682.